The Morgan fingerprint density at radius 2 is 2.00 bits per heavy atom. The molecule has 164 valence electrons. The number of halogens is 1. The highest BCUT2D eigenvalue weighted by Gasteiger charge is 2.17. The number of nitrogens with zero attached hydrogens (tertiary/aromatic N) is 4. The molecule has 4 rings (SSSR count). The average Bonchev–Trinajstić information content (AvgIpc) is 3.32. The minimum Gasteiger partial charge on any atom is -0.311 e. The third-order valence-electron chi connectivity index (χ3n) is 4.15. The van der Waals surface area contributed by atoms with Crippen LogP contribution in [0.3, 0.4) is 0 Å². The van der Waals surface area contributed by atoms with Crippen LogP contribution >= 0.6 is 34.7 Å². The molecule has 3 heterocycles. The normalized spacial score (nSPS) is 10.9. The number of H-pyrrole nitrogens is 2. The number of hydrogen-bond donors (Lipinski definition) is 3. The van der Waals surface area contributed by atoms with Crippen molar-refractivity contribution in [3.05, 3.63) is 78.8 Å². The summed E-state index contributed by atoms with van der Waals surface area (Å²) in [6, 6.07) is 8.32. The second kappa shape index (κ2) is 9.51. The topological polar surface area (TPSA) is 138 Å². The summed E-state index contributed by atoms with van der Waals surface area (Å²) in [6.45, 7) is 1.85. The molecule has 3 N–H and O–H groups in total. The number of thiazole rings is 1. The van der Waals surface area contributed by atoms with Crippen LogP contribution in [0.5, 0.6) is 0 Å². The van der Waals surface area contributed by atoms with Crippen molar-refractivity contribution in [3.8, 4) is 5.69 Å². The van der Waals surface area contributed by atoms with E-state index >= 15 is 0 Å². The standard InChI is InChI=1S/C19H16ClN7O3S2/c1-10-8-31-18(21-10)24-16(29)9-32-19-26-25-14(6-12-7-15(28)23-17(30)22-12)27(19)13-4-2-11(20)3-5-13/h2-5,7-8H,6,9H2,1H3,(H,21,24,29)(H2,22,23,28,30). The van der Waals surface area contributed by atoms with Gasteiger partial charge in [-0.15, -0.1) is 21.5 Å². The van der Waals surface area contributed by atoms with E-state index in [1.807, 2.05) is 12.3 Å². The van der Waals surface area contributed by atoms with Crippen LogP contribution in [0.4, 0.5) is 5.13 Å². The van der Waals surface area contributed by atoms with Gasteiger partial charge in [0.25, 0.3) is 5.56 Å². The summed E-state index contributed by atoms with van der Waals surface area (Å²) in [4.78, 5) is 44.5. The van der Waals surface area contributed by atoms with Crippen LogP contribution in [-0.2, 0) is 11.2 Å². The summed E-state index contributed by atoms with van der Waals surface area (Å²) in [5.41, 5.74) is 0.830. The molecule has 1 aromatic carbocycles. The SMILES string of the molecule is Cc1csc(NC(=O)CSc2nnc(Cc3cc(=O)[nH]c(=O)[nH]3)n2-c2ccc(Cl)cc2)n1. The van der Waals surface area contributed by atoms with Crippen molar-refractivity contribution in [2.24, 2.45) is 0 Å². The molecule has 13 heteroatoms. The Hall–Kier alpha value is -3.22. The zero-order chi connectivity index (χ0) is 22.7. The van der Waals surface area contributed by atoms with Crippen LogP contribution < -0.4 is 16.6 Å². The number of rotatable bonds is 7. The summed E-state index contributed by atoms with van der Waals surface area (Å²) in [7, 11) is 0. The number of aromatic nitrogens is 6. The number of aromatic amines is 2. The fourth-order valence-corrected chi connectivity index (χ4v) is 4.44. The van der Waals surface area contributed by atoms with Crippen LogP contribution in [0.1, 0.15) is 17.2 Å². The molecule has 0 aliphatic carbocycles. The van der Waals surface area contributed by atoms with E-state index in [1.165, 1.54) is 29.2 Å². The van der Waals surface area contributed by atoms with Gasteiger partial charge in [-0.1, -0.05) is 23.4 Å². The fourth-order valence-electron chi connectivity index (χ4n) is 2.84. The van der Waals surface area contributed by atoms with E-state index < -0.39 is 11.2 Å². The number of amides is 1. The lowest BCUT2D eigenvalue weighted by atomic mass is 10.2. The number of carbonyl (C=O) groups is 1. The first-order chi connectivity index (χ1) is 15.4. The Morgan fingerprint density at radius 3 is 2.69 bits per heavy atom. The van der Waals surface area contributed by atoms with Gasteiger partial charge in [0, 0.05) is 34.3 Å². The Labute approximate surface area is 194 Å². The van der Waals surface area contributed by atoms with Gasteiger partial charge >= 0.3 is 5.69 Å². The van der Waals surface area contributed by atoms with Crippen molar-refractivity contribution in [2.75, 3.05) is 11.1 Å². The van der Waals surface area contributed by atoms with E-state index in [-0.39, 0.29) is 18.1 Å². The summed E-state index contributed by atoms with van der Waals surface area (Å²) < 4.78 is 1.75. The smallest absolute Gasteiger partial charge is 0.311 e. The van der Waals surface area contributed by atoms with Crippen LogP contribution in [0, 0.1) is 6.92 Å². The molecule has 1 amide bonds. The Kier molecular flexibility index (Phi) is 6.53. The maximum atomic E-state index is 12.3. The molecule has 0 spiro atoms. The highest BCUT2D eigenvalue weighted by molar-refractivity contribution is 7.99. The van der Waals surface area contributed by atoms with E-state index in [0.717, 1.165) is 11.4 Å². The first-order valence-corrected chi connectivity index (χ1v) is 11.5. The molecule has 0 unspecified atom stereocenters. The van der Waals surface area contributed by atoms with E-state index in [9.17, 15) is 14.4 Å². The van der Waals surface area contributed by atoms with Crippen LogP contribution in [0.15, 0.2) is 50.5 Å². The van der Waals surface area contributed by atoms with Gasteiger partial charge in [0.05, 0.1) is 11.4 Å². The zero-order valence-electron chi connectivity index (χ0n) is 16.6. The quantitative estimate of drug-likeness (QED) is 0.339. The van der Waals surface area contributed by atoms with Gasteiger partial charge < -0.3 is 10.3 Å². The van der Waals surface area contributed by atoms with Gasteiger partial charge in [-0.3, -0.25) is 19.1 Å². The molecule has 4 aromatic rings. The van der Waals surface area contributed by atoms with Crippen molar-refractivity contribution in [2.45, 2.75) is 18.5 Å². The third kappa shape index (κ3) is 5.33. The molecular formula is C19H16ClN7O3S2. The summed E-state index contributed by atoms with van der Waals surface area (Å²) in [5.74, 6) is 0.342. The number of benzene rings is 1. The van der Waals surface area contributed by atoms with Crippen LogP contribution in [0.25, 0.3) is 5.69 Å². The first-order valence-electron chi connectivity index (χ1n) is 9.25. The minimum atomic E-state index is -0.603. The van der Waals surface area contributed by atoms with Crippen molar-refractivity contribution in [3.63, 3.8) is 0 Å². The second-order valence-electron chi connectivity index (χ2n) is 6.63. The minimum absolute atomic E-state index is 0.0895. The monoisotopic (exact) mass is 489 g/mol. The van der Waals surface area contributed by atoms with Crippen molar-refractivity contribution < 1.29 is 4.79 Å². The predicted octanol–water partition coefficient (Wildman–Crippen LogP) is 2.38. The van der Waals surface area contributed by atoms with Crippen LogP contribution in [0.2, 0.25) is 5.02 Å². The van der Waals surface area contributed by atoms with Gasteiger partial charge in [-0.05, 0) is 31.2 Å². The van der Waals surface area contributed by atoms with Crippen molar-refractivity contribution in [1.82, 2.24) is 29.7 Å². The lowest BCUT2D eigenvalue weighted by molar-refractivity contribution is -0.113. The highest BCUT2D eigenvalue weighted by atomic mass is 35.5. The number of hydrogen-bond acceptors (Lipinski definition) is 8. The second-order valence-corrected chi connectivity index (χ2v) is 8.87. The Balaban J connectivity index is 1.60. The third-order valence-corrected chi connectivity index (χ3v) is 6.20. The van der Waals surface area contributed by atoms with E-state index in [2.05, 4.69) is 30.5 Å². The highest BCUT2D eigenvalue weighted by Crippen LogP contribution is 2.24. The fraction of sp³-hybridized carbons (Fsp3) is 0.158. The van der Waals surface area contributed by atoms with Crippen LogP contribution in [-0.4, -0.2) is 41.4 Å². The molecule has 0 radical (unpaired) electrons. The summed E-state index contributed by atoms with van der Waals surface area (Å²) in [5, 5.41) is 14.6. The average molecular weight is 490 g/mol. The Morgan fingerprint density at radius 1 is 1.22 bits per heavy atom. The lowest BCUT2D eigenvalue weighted by Gasteiger charge is -2.10. The number of aryl methyl sites for hydroxylation is 1. The molecule has 0 aliphatic heterocycles. The van der Waals surface area contributed by atoms with Gasteiger partial charge in [0.15, 0.2) is 10.3 Å². The summed E-state index contributed by atoms with van der Waals surface area (Å²) >= 11 is 8.57. The van der Waals surface area contributed by atoms with Crippen molar-refractivity contribution >= 4 is 45.7 Å². The largest absolute Gasteiger partial charge is 0.325 e. The van der Waals surface area contributed by atoms with E-state index in [1.54, 1.807) is 28.8 Å². The van der Waals surface area contributed by atoms with Gasteiger partial charge in [0.2, 0.25) is 5.91 Å². The molecule has 10 nitrogen and oxygen atoms in total. The molecular weight excluding hydrogens is 474 g/mol. The number of anilines is 1. The number of thioether (sulfide) groups is 1. The number of carbonyl (C=O) groups excluding carboxylic acids is 1. The molecule has 0 aliphatic rings. The van der Waals surface area contributed by atoms with Crippen molar-refractivity contribution in [1.29, 1.82) is 0 Å². The predicted molar refractivity (Wildman–Crippen MR) is 123 cm³/mol. The first kappa shape index (κ1) is 22.0. The maximum Gasteiger partial charge on any atom is 0.325 e. The molecule has 0 atom stereocenters. The molecule has 0 fully saturated rings. The van der Waals surface area contributed by atoms with Gasteiger partial charge in [-0.2, -0.15) is 0 Å². The zero-order valence-corrected chi connectivity index (χ0v) is 19.0. The molecule has 32 heavy (non-hydrogen) atoms. The maximum absolute atomic E-state index is 12.3. The number of nitrogens with one attached hydrogen (secondary N) is 3. The van der Waals surface area contributed by atoms with E-state index in [0.29, 0.717) is 26.8 Å². The van der Waals surface area contributed by atoms with Gasteiger partial charge in [0.1, 0.15) is 5.82 Å². The molecule has 0 saturated heterocycles. The summed E-state index contributed by atoms with van der Waals surface area (Å²) in [6.07, 6.45) is 0.153. The Bertz CT molecular complexity index is 1350. The van der Waals surface area contributed by atoms with Gasteiger partial charge in [-0.25, -0.2) is 9.78 Å². The molecule has 0 saturated carbocycles. The molecule has 3 aromatic heterocycles. The van der Waals surface area contributed by atoms with E-state index in [4.69, 9.17) is 11.6 Å². The lowest BCUT2D eigenvalue weighted by Crippen LogP contribution is -2.23. The molecule has 0 bridgehead atoms.